The lowest BCUT2D eigenvalue weighted by molar-refractivity contribution is -0.119. The summed E-state index contributed by atoms with van der Waals surface area (Å²) in [6, 6.07) is 19.9. The first-order valence-corrected chi connectivity index (χ1v) is 9.51. The zero-order valence-electron chi connectivity index (χ0n) is 17.2. The summed E-state index contributed by atoms with van der Waals surface area (Å²) in [6.07, 6.45) is 0. The summed E-state index contributed by atoms with van der Waals surface area (Å²) >= 11 is 0. The summed E-state index contributed by atoms with van der Waals surface area (Å²) in [4.78, 5) is 37.6. The number of aromatic hydroxyl groups is 1. The number of hydrogen-bond donors (Lipinski definition) is 2. The van der Waals surface area contributed by atoms with E-state index in [0.29, 0.717) is 16.8 Å². The van der Waals surface area contributed by atoms with E-state index in [4.69, 9.17) is 4.74 Å². The molecule has 0 fully saturated rings. The average molecular weight is 418 g/mol. The zero-order chi connectivity index (χ0) is 22.4. The van der Waals surface area contributed by atoms with Crippen LogP contribution in [0.5, 0.6) is 5.75 Å². The van der Waals surface area contributed by atoms with E-state index < -0.39 is 18.5 Å². The maximum absolute atomic E-state index is 12.2. The van der Waals surface area contributed by atoms with Gasteiger partial charge in [-0.2, -0.15) is 0 Å². The van der Waals surface area contributed by atoms with Gasteiger partial charge in [0.25, 0.3) is 11.8 Å². The Kier molecular flexibility index (Phi) is 6.67. The van der Waals surface area contributed by atoms with Gasteiger partial charge < -0.3 is 20.1 Å². The van der Waals surface area contributed by atoms with Gasteiger partial charge in [0.15, 0.2) is 6.61 Å². The van der Waals surface area contributed by atoms with Crippen molar-refractivity contribution < 1.29 is 24.2 Å². The molecule has 0 aliphatic carbocycles. The molecule has 0 aromatic heterocycles. The van der Waals surface area contributed by atoms with Gasteiger partial charge in [-0.15, -0.1) is 0 Å². The molecule has 0 saturated carbocycles. The SMILES string of the molecule is CN(C)C(=O)c1ccc(NC(=O)COC(=O)c2ccc(-c3ccc(O)cc3)cc2)cc1. The van der Waals surface area contributed by atoms with Gasteiger partial charge >= 0.3 is 5.97 Å². The Hall–Kier alpha value is -4.13. The van der Waals surface area contributed by atoms with Crippen LogP contribution in [-0.4, -0.2) is 48.5 Å². The highest BCUT2D eigenvalue weighted by Crippen LogP contribution is 2.22. The predicted octanol–water partition coefficient (Wildman–Crippen LogP) is 3.56. The van der Waals surface area contributed by atoms with E-state index in [-0.39, 0.29) is 11.7 Å². The van der Waals surface area contributed by atoms with Crippen molar-refractivity contribution in [3.05, 3.63) is 83.9 Å². The average Bonchev–Trinajstić information content (AvgIpc) is 2.78. The lowest BCUT2D eigenvalue weighted by Gasteiger charge is -2.11. The van der Waals surface area contributed by atoms with E-state index in [1.165, 1.54) is 4.90 Å². The molecule has 0 atom stereocenters. The molecule has 7 heteroatoms. The number of benzene rings is 3. The lowest BCUT2D eigenvalue weighted by atomic mass is 10.0. The Balaban J connectivity index is 1.52. The van der Waals surface area contributed by atoms with E-state index in [1.807, 2.05) is 0 Å². The number of hydrogen-bond acceptors (Lipinski definition) is 5. The molecule has 158 valence electrons. The second-order valence-corrected chi connectivity index (χ2v) is 7.03. The van der Waals surface area contributed by atoms with E-state index in [0.717, 1.165) is 11.1 Å². The molecule has 0 unspecified atom stereocenters. The molecular formula is C24H22N2O5. The summed E-state index contributed by atoms with van der Waals surface area (Å²) < 4.78 is 5.07. The molecule has 0 bridgehead atoms. The fraction of sp³-hybridized carbons (Fsp3) is 0.125. The fourth-order valence-corrected chi connectivity index (χ4v) is 2.82. The number of carbonyl (C=O) groups is 3. The fourth-order valence-electron chi connectivity index (χ4n) is 2.82. The molecule has 0 saturated heterocycles. The maximum Gasteiger partial charge on any atom is 0.338 e. The van der Waals surface area contributed by atoms with Crippen LogP contribution in [0.2, 0.25) is 0 Å². The largest absolute Gasteiger partial charge is 0.508 e. The number of phenols is 1. The van der Waals surface area contributed by atoms with Gasteiger partial charge in [-0.3, -0.25) is 9.59 Å². The third-order valence-electron chi connectivity index (χ3n) is 4.48. The Labute approximate surface area is 179 Å². The van der Waals surface area contributed by atoms with Gasteiger partial charge in [0, 0.05) is 25.3 Å². The van der Waals surface area contributed by atoms with Gasteiger partial charge in [-0.1, -0.05) is 24.3 Å². The number of phenolic OH excluding ortho intramolecular Hbond substituents is 1. The number of ether oxygens (including phenoxy) is 1. The van der Waals surface area contributed by atoms with Gasteiger partial charge in [0.2, 0.25) is 0 Å². The number of amides is 2. The van der Waals surface area contributed by atoms with Crippen LogP contribution < -0.4 is 5.32 Å². The maximum atomic E-state index is 12.2. The van der Waals surface area contributed by atoms with Gasteiger partial charge in [-0.05, 0) is 59.7 Å². The minimum atomic E-state index is -0.612. The first kappa shape index (κ1) is 21.6. The van der Waals surface area contributed by atoms with Crippen LogP contribution in [0.15, 0.2) is 72.8 Å². The van der Waals surface area contributed by atoms with Crippen molar-refractivity contribution in [1.82, 2.24) is 4.90 Å². The molecule has 2 N–H and O–H groups in total. The van der Waals surface area contributed by atoms with E-state index in [2.05, 4.69) is 5.32 Å². The van der Waals surface area contributed by atoms with Crippen LogP contribution in [0.1, 0.15) is 20.7 Å². The molecule has 0 aliphatic rings. The topological polar surface area (TPSA) is 95.9 Å². The quantitative estimate of drug-likeness (QED) is 0.597. The van der Waals surface area contributed by atoms with Crippen molar-refractivity contribution in [3.8, 4) is 16.9 Å². The molecule has 2 amide bonds. The molecule has 0 aliphatic heterocycles. The van der Waals surface area contributed by atoms with Crippen LogP contribution in [-0.2, 0) is 9.53 Å². The number of rotatable bonds is 6. The highest BCUT2D eigenvalue weighted by Gasteiger charge is 2.12. The Morgan fingerprint density at radius 2 is 1.32 bits per heavy atom. The van der Waals surface area contributed by atoms with Crippen LogP contribution in [0.4, 0.5) is 5.69 Å². The highest BCUT2D eigenvalue weighted by molar-refractivity contribution is 5.97. The summed E-state index contributed by atoms with van der Waals surface area (Å²) in [5.74, 6) is -1.05. The lowest BCUT2D eigenvalue weighted by Crippen LogP contribution is -2.22. The van der Waals surface area contributed by atoms with Crippen LogP contribution in [0, 0.1) is 0 Å². The van der Waals surface area contributed by atoms with Crippen LogP contribution >= 0.6 is 0 Å². The molecule has 3 aromatic rings. The molecule has 3 aromatic carbocycles. The zero-order valence-corrected chi connectivity index (χ0v) is 17.2. The smallest absolute Gasteiger partial charge is 0.338 e. The summed E-state index contributed by atoms with van der Waals surface area (Å²) in [5.41, 5.74) is 3.10. The van der Waals surface area contributed by atoms with Crippen molar-refractivity contribution in [2.24, 2.45) is 0 Å². The number of anilines is 1. The van der Waals surface area contributed by atoms with Crippen LogP contribution in [0.25, 0.3) is 11.1 Å². The van der Waals surface area contributed by atoms with Crippen molar-refractivity contribution >= 4 is 23.5 Å². The van der Waals surface area contributed by atoms with E-state index in [9.17, 15) is 19.5 Å². The number of nitrogens with one attached hydrogen (secondary N) is 1. The van der Waals surface area contributed by atoms with Crippen molar-refractivity contribution in [2.45, 2.75) is 0 Å². The first-order chi connectivity index (χ1) is 14.8. The molecule has 0 spiro atoms. The van der Waals surface area contributed by atoms with Crippen molar-refractivity contribution in [3.63, 3.8) is 0 Å². The summed E-state index contributed by atoms with van der Waals surface area (Å²) in [6.45, 7) is -0.434. The molecule has 31 heavy (non-hydrogen) atoms. The normalized spacial score (nSPS) is 10.3. The number of nitrogens with zero attached hydrogens (tertiary/aromatic N) is 1. The van der Waals surface area contributed by atoms with Gasteiger partial charge in [0.1, 0.15) is 5.75 Å². The minimum absolute atomic E-state index is 0.136. The second-order valence-electron chi connectivity index (χ2n) is 7.03. The van der Waals surface area contributed by atoms with E-state index in [1.54, 1.807) is 86.9 Å². The molecule has 0 heterocycles. The third-order valence-corrected chi connectivity index (χ3v) is 4.48. The van der Waals surface area contributed by atoms with Gasteiger partial charge in [0.05, 0.1) is 5.56 Å². The van der Waals surface area contributed by atoms with Crippen molar-refractivity contribution in [2.75, 3.05) is 26.0 Å². The summed E-state index contributed by atoms with van der Waals surface area (Å²) in [5, 5.41) is 12.0. The second kappa shape index (κ2) is 9.58. The molecule has 3 rings (SSSR count). The monoisotopic (exact) mass is 418 g/mol. The number of esters is 1. The predicted molar refractivity (Wildman–Crippen MR) is 117 cm³/mol. The summed E-state index contributed by atoms with van der Waals surface area (Å²) in [7, 11) is 3.32. The first-order valence-electron chi connectivity index (χ1n) is 9.51. The molecule has 0 radical (unpaired) electrons. The molecule has 7 nitrogen and oxygen atoms in total. The number of carbonyl (C=O) groups excluding carboxylic acids is 3. The third kappa shape index (κ3) is 5.70. The molecular weight excluding hydrogens is 396 g/mol. The Morgan fingerprint density at radius 1 is 0.806 bits per heavy atom. The van der Waals surface area contributed by atoms with E-state index >= 15 is 0 Å². The highest BCUT2D eigenvalue weighted by atomic mass is 16.5. The standard InChI is InChI=1S/C24H22N2O5/c1-26(2)23(29)18-7-11-20(12-8-18)25-22(28)15-31-24(30)19-5-3-16(4-6-19)17-9-13-21(27)14-10-17/h3-14,27H,15H2,1-2H3,(H,25,28). The minimum Gasteiger partial charge on any atom is -0.508 e. The van der Waals surface area contributed by atoms with Gasteiger partial charge in [-0.25, -0.2) is 4.79 Å². The Morgan fingerprint density at radius 3 is 1.87 bits per heavy atom. The van der Waals surface area contributed by atoms with Crippen LogP contribution in [0.3, 0.4) is 0 Å². The Bertz CT molecular complexity index is 1070. The van der Waals surface area contributed by atoms with Crippen molar-refractivity contribution in [1.29, 1.82) is 0 Å².